The Morgan fingerprint density at radius 2 is 1.70 bits per heavy atom. The number of piperazine rings is 1. The minimum Gasteiger partial charge on any atom is -0.368 e. The number of carbonyl (C=O) groups is 1. The number of hydrogen-bond donors (Lipinski definition) is 1. The van der Waals surface area contributed by atoms with Gasteiger partial charge in [0.15, 0.2) is 5.96 Å². The van der Waals surface area contributed by atoms with Crippen LogP contribution in [0, 0.1) is 13.8 Å². The number of hydrogen-bond acceptors (Lipinski definition) is 3. The van der Waals surface area contributed by atoms with Crippen LogP contribution in [0.4, 0.5) is 5.69 Å². The Morgan fingerprint density at radius 3 is 2.37 bits per heavy atom. The molecule has 1 N–H and O–H groups in total. The van der Waals surface area contributed by atoms with Crippen LogP contribution in [0.5, 0.6) is 0 Å². The van der Waals surface area contributed by atoms with E-state index in [1.165, 1.54) is 23.2 Å². The van der Waals surface area contributed by atoms with Crippen molar-refractivity contribution in [2.75, 3.05) is 57.8 Å². The molecule has 6 nitrogen and oxygen atoms in total. The Balaban J connectivity index is 1.51. The molecule has 2 aliphatic rings. The van der Waals surface area contributed by atoms with Gasteiger partial charge in [0.05, 0.1) is 6.54 Å². The molecule has 6 heteroatoms. The lowest BCUT2D eigenvalue weighted by Gasteiger charge is -2.38. The highest BCUT2D eigenvalue weighted by Gasteiger charge is 2.22. The summed E-state index contributed by atoms with van der Waals surface area (Å²) in [7, 11) is 1.80. The normalized spacial score (nSPS) is 18.6. The summed E-state index contributed by atoms with van der Waals surface area (Å²) in [6.45, 7) is 10.2. The number of nitrogens with zero attached hydrogens (tertiary/aromatic N) is 4. The predicted molar refractivity (Wildman–Crippen MR) is 111 cm³/mol. The van der Waals surface area contributed by atoms with Gasteiger partial charge in [0, 0.05) is 52.0 Å². The monoisotopic (exact) mass is 371 g/mol. The third kappa shape index (κ3) is 4.73. The minimum absolute atomic E-state index is 0.185. The molecule has 0 atom stereocenters. The lowest BCUT2D eigenvalue weighted by atomic mass is 10.1. The number of benzene rings is 1. The van der Waals surface area contributed by atoms with Crippen molar-refractivity contribution >= 4 is 17.6 Å². The maximum absolute atomic E-state index is 12.4. The quantitative estimate of drug-likeness (QED) is 0.652. The molecule has 0 spiro atoms. The van der Waals surface area contributed by atoms with Crippen LogP contribution in [-0.2, 0) is 4.79 Å². The van der Waals surface area contributed by atoms with Crippen molar-refractivity contribution < 1.29 is 4.79 Å². The van der Waals surface area contributed by atoms with Gasteiger partial charge in [0.2, 0.25) is 5.91 Å². The molecule has 27 heavy (non-hydrogen) atoms. The van der Waals surface area contributed by atoms with Crippen LogP contribution in [0.15, 0.2) is 23.2 Å². The molecule has 1 aromatic carbocycles. The van der Waals surface area contributed by atoms with Gasteiger partial charge in [-0.05, 0) is 50.3 Å². The zero-order valence-electron chi connectivity index (χ0n) is 17.0. The zero-order valence-corrected chi connectivity index (χ0v) is 17.0. The summed E-state index contributed by atoms with van der Waals surface area (Å²) in [5, 5.41) is 3.28. The molecule has 2 aliphatic heterocycles. The predicted octanol–water partition coefficient (Wildman–Crippen LogP) is 2.01. The molecule has 0 aromatic heterocycles. The summed E-state index contributed by atoms with van der Waals surface area (Å²) >= 11 is 0. The van der Waals surface area contributed by atoms with E-state index in [1.807, 2.05) is 4.90 Å². The van der Waals surface area contributed by atoms with E-state index >= 15 is 0 Å². The molecule has 0 bridgehead atoms. The van der Waals surface area contributed by atoms with Crippen LogP contribution in [-0.4, -0.2) is 74.5 Å². The minimum atomic E-state index is 0.185. The van der Waals surface area contributed by atoms with Gasteiger partial charge in [-0.1, -0.05) is 12.1 Å². The van der Waals surface area contributed by atoms with Gasteiger partial charge in [-0.2, -0.15) is 0 Å². The maximum Gasteiger partial charge on any atom is 0.241 e. The van der Waals surface area contributed by atoms with Gasteiger partial charge < -0.3 is 20.0 Å². The molecule has 0 aliphatic carbocycles. The van der Waals surface area contributed by atoms with E-state index in [1.54, 1.807) is 7.05 Å². The van der Waals surface area contributed by atoms with Gasteiger partial charge in [0.25, 0.3) is 0 Å². The van der Waals surface area contributed by atoms with E-state index in [-0.39, 0.29) is 5.91 Å². The van der Waals surface area contributed by atoms with Crippen molar-refractivity contribution in [3.63, 3.8) is 0 Å². The number of amides is 1. The van der Waals surface area contributed by atoms with E-state index in [2.05, 4.69) is 52.2 Å². The fraction of sp³-hybridized carbons (Fsp3) is 0.619. The molecule has 3 rings (SSSR count). The Hall–Kier alpha value is -2.24. The van der Waals surface area contributed by atoms with Crippen molar-refractivity contribution in [2.45, 2.75) is 33.1 Å². The molecule has 148 valence electrons. The summed E-state index contributed by atoms with van der Waals surface area (Å²) in [4.78, 5) is 23.5. The largest absolute Gasteiger partial charge is 0.368 e. The summed E-state index contributed by atoms with van der Waals surface area (Å²) in [6.07, 6.45) is 3.49. The van der Waals surface area contributed by atoms with Crippen LogP contribution in [0.3, 0.4) is 0 Å². The summed E-state index contributed by atoms with van der Waals surface area (Å²) < 4.78 is 0. The second-order valence-corrected chi connectivity index (χ2v) is 7.54. The Kier molecular flexibility index (Phi) is 6.58. The second-order valence-electron chi connectivity index (χ2n) is 7.54. The third-order valence-corrected chi connectivity index (χ3v) is 5.81. The van der Waals surface area contributed by atoms with Crippen LogP contribution < -0.4 is 10.2 Å². The third-order valence-electron chi connectivity index (χ3n) is 5.81. The highest BCUT2D eigenvalue weighted by molar-refractivity contribution is 5.86. The van der Waals surface area contributed by atoms with Crippen molar-refractivity contribution in [1.82, 2.24) is 15.1 Å². The molecule has 2 fully saturated rings. The number of anilines is 1. The highest BCUT2D eigenvalue weighted by Crippen LogP contribution is 2.23. The highest BCUT2D eigenvalue weighted by atomic mass is 16.2. The molecular weight excluding hydrogens is 338 g/mol. The number of rotatable bonds is 3. The number of nitrogens with one attached hydrogen (secondary N) is 1. The standard InChI is InChI=1S/C21H33N5O/c1-17-8-7-9-19(18(17)2)24-12-14-26(15-13-24)21(22-3)23-16-20(27)25-10-5-4-6-11-25/h7-9H,4-6,10-16H2,1-3H3,(H,22,23). The molecule has 0 saturated carbocycles. The van der Waals surface area contributed by atoms with Crippen molar-refractivity contribution in [2.24, 2.45) is 4.99 Å². The maximum atomic E-state index is 12.4. The molecule has 0 radical (unpaired) electrons. The van der Waals surface area contributed by atoms with Gasteiger partial charge in [0.1, 0.15) is 0 Å². The van der Waals surface area contributed by atoms with Gasteiger partial charge in [-0.3, -0.25) is 9.79 Å². The van der Waals surface area contributed by atoms with E-state index in [0.29, 0.717) is 6.54 Å². The SMILES string of the molecule is CN=C(NCC(=O)N1CCCCC1)N1CCN(c2cccc(C)c2C)CC1. The number of likely N-dealkylation sites (tertiary alicyclic amines) is 1. The first-order valence-electron chi connectivity index (χ1n) is 10.1. The molecule has 2 heterocycles. The van der Waals surface area contributed by atoms with E-state index in [0.717, 1.165) is 58.1 Å². The summed E-state index contributed by atoms with van der Waals surface area (Å²) in [6, 6.07) is 6.51. The molecule has 0 unspecified atom stereocenters. The number of piperidine rings is 1. The first-order chi connectivity index (χ1) is 13.1. The van der Waals surface area contributed by atoms with Gasteiger partial charge in [-0.15, -0.1) is 0 Å². The first kappa shape index (κ1) is 19.5. The average Bonchev–Trinajstić information content (AvgIpc) is 2.71. The smallest absolute Gasteiger partial charge is 0.241 e. The van der Waals surface area contributed by atoms with E-state index in [4.69, 9.17) is 0 Å². The second kappa shape index (κ2) is 9.11. The number of carbonyl (C=O) groups excluding carboxylic acids is 1. The molecular formula is C21H33N5O. The summed E-state index contributed by atoms with van der Waals surface area (Å²) in [5.41, 5.74) is 4.03. The first-order valence-corrected chi connectivity index (χ1v) is 10.1. The van der Waals surface area contributed by atoms with Gasteiger partial charge >= 0.3 is 0 Å². The fourth-order valence-electron chi connectivity index (χ4n) is 3.98. The van der Waals surface area contributed by atoms with E-state index < -0.39 is 0 Å². The lowest BCUT2D eigenvalue weighted by Crippen LogP contribution is -2.54. The van der Waals surface area contributed by atoms with Crippen LogP contribution >= 0.6 is 0 Å². The van der Waals surface area contributed by atoms with Gasteiger partial charge in [-0.25, -0.2) is 0 Å². The van der Waals surface area contributed by atoms with Crippen molar-refractivity contribution in [1.29, 1.82) is 0 Å². The van der Waals surface area contributed by atoms with Crippen LogP contribution in [0.25, 0.3) is 0 Å². The van der Waals surface area contributed by atoms with E-state index in [9.17, 15) is 4.79 Å². The Labute approximate surface area is 163 Å². The summed E-state index contributed by atoms with van der Waals surface area (Å²) in [5.74, 6) is 1.02. The molecule has 1 aromatic rings. The number of aryl methyl sites for hydroxylation is 1. The zero-order chi connectivity index (χ0) is 19.2. The molecule has 2 saturated heterocycles. The number of aliphatic imine (C=N–C) groups is 1. The van der Waals surface area contributed by atoms with Crippen LogP contribution in [0.1, 0.15) is 30.4 Å². The fourth-order valence-corrected chi connectivity index (χ4v) is 3.98. The Morgan fingerprint density at radius 1 is 1.00 bits per heavy atom. The number of guanidine groups is 1. The average molecular weight is 372 g/mol. The van der Waals surface area contributed by atoms with Crippen molar-refractivity contribution in [3.8, 4) is 0 Å². The Bertz CT molecular complexity index is 673. The van der Waals surface area contributed by atoms with Crippen LogP contribution in [0.2, 0.25) is 0 Å². The van der Waals surface area contributed by atoms with Crippen molar-refractivity contribution in [3.05, 3.63) is 29.3 Å². The molecule has 1 amide bonds. The topological polar surface area (TPSA) is 51.2 Å². The lowest BCUT2D eigenvalue weighted by molar-refractivity contribution is -0.130.